The van der Waals surface area contributed by atoms with Gasteiger partial charge in [-0.3, -0.25) is 0 Å². The van der Waals surface area contributed by atoms with Gasteiger partial charge in [-0.25, -0.2) is 9.97 Å². The van der Waals surface area contributed by atoms with Crippen molar-refractivity contribution in [3.63, 3.8) is 0 Å². The minimum Gasteiger partial charge on any atom is -0.396 e. The summed E-state index contributed by atoms with van der Waals surface area (Å²) in [5, 5.41) is 8.87. The molecule has 4 nitrogen and oxygen atoms in total. The van der Waals surface area contributed by atoms with E-state index in [0.29, 0.717) is 5.92 Å². The predicted octanol–water partition coefficient (Wildman–Crippen LogP) is 1.45. The van der Waals surface area contributed by atoms with Gasteiger partial charge >= 0.3 is 0 Å². The van der Waals surface area contributed by atoms with Gasteiger partial charge < -0.3 is 10.0 Å². The molecule has 0 saturated carbocycles. The summed E-state index contributed by atoms with van der Waals surface area (Å²) in [6.07, 6.45) is 5.53. The number of nitrogens with zero attached hydrogens (tertiary/aromatic N) is 3. The van der Waals surface area contributed by atoms with Crippen molar-refractivity contribution in [1.29, 1.82) is 0 Å². The van der Waals surface area contributed by atoms with E-state index >= 15 is 0 Å². The molecule has 0 amide bonds. The van der Waals surface area contributed by atoms with Crippen molar-refractivity contribution < 1.29 is 5.11 Å². The standard InChI is InChI=1S/C10H14BrN3O/c11-9-5-13-10(6-12-9)14-3-1-8(7-14)2-4-15/h5-6,8,15H,1-4,7H2. The van der Waals surface area contributed by atoms with Crippen LogP contribution < -0.4 is 4.90 Å². The Balaban J connectivity index is 1.98. The molecule has 0 aliphatic carbocycles. The van der Waals surface area contributed by atoms with Gasteiger partial charge in [-0.2, -0.15) is 0 Å². The molecule has 82 valence electrons. The van der Waals surface area contributed by atoms with Crippen LogP contribution in [0.4, 0.5) is 5.82 Å². The average molecular weight is 272 g/mol. The molecule has 1 aromatic heterocycles. The first-order valence-corrected chi connectivity index (χ1v) is 5.92. The zero-order chi connectivity index (χ0) is 10.7. The molecule has 1 atom stereocenters. The molecule has 1 aromatic rings. The fraction of sp³-hybridized carbons (Fsp3) is 0.600. The highest BCUT2D eigenvalue weighted by molar-refractivity contribution is 9.10. The minimum atomic E-state index is 0.282. The molecule has 1 fully saturated rings. The highest BCUT2D eigenvalue weighted by Gasteiger charge is 2.22. The minimum absolute atomic E-state index is 0.282. The number of hydrogen-bond acceptors (Lipinski definition) is 4. The summed E-state index contributed by atoms with van der Waals surface area (Å²) in [7, 11) is 0. The Hall–Kier alpha value is -0.680. The Labute approximate surface area is 97.5 Å². The lowest BCUT2D eigenvalue weighted by Crippen LogP contribution is -2.21. The molecule has 0 radical (unpaired) electrons. The lowest BCUT2D eigenvalue weighted by atomic mass is 10.1. The van der Waals surface area contributed by atoms with Gasteiger partial charge in [0.15, 0.2) is 0 Å². The Morgan fingerprint density at radius 1 is 1.47 bits per heavy atom. The van der Waals surface area contributed by atoms with Crippen molar-refractivity contribution in [2.75, 3.05) is 24.6 Å². The number of halogens is 1. The molecule has 0 bridgehead atoms. The smallest absolute Gasteiger partial charge is 0.147 e. The number of hydrogen-bond donors (Lipinski definition) is 1. The molecule has 2 rings (SSSR count). The SMILES string of the molecule is OCCC1CCN(c2cnc(Br)cn2)C1. The van der Waals surface area contributed by atoms with E-state index in [1.165, 1.54) is 0 Å². The summed E-state index contributed by atoms with van der Waals surface area (Å²) in [5.41, 5.74) is 0. The normalized spacial score (nSPS) is 20.9. The van der Waals surface area contributed by atoms with E-state index in [1.807, 2.05) is 0 Å². The van der Waals surface area contributed by atoms with Crippen LogP contribution in [0.15, 0.2) is 17.0 Å². The fourth-order valence-corrected chi connectivity index (χ4v) is 2.13. The van der Waals surface area contributed by atoms with E-state index in [9.17, 15) is 0 Å². The van der Waals surface area contributed by atoms with Crippen molar-refractivity contribution in [2.45, 2.75) is 12.8 Å². The number of aliphatic hydroxyl groups is 1. The van der Waals surface area contributed by atoms with Crippen LogP contribution >= 0.6 is 15.9 Å². The van der Waals surface area contributed by atoms with Crippen molar-refractivity contribution in [2.24, 2.45) is 5.92 Å². The Kier molecular flexibility index (Phi) is 3.53. The summed E-state index contributed by atoms with van der Waals surface area (Å²) in [6.45, 7) is 2.28. The molecular formula is C10H14BrN3O. The third-order valence-corrected chi connectivity index (χ3v) is 3.16. The maximum atomic E-state index is 8.87. The molecule has 5 heteroatoms. The molecule has 1 saturated heterocycles. The third-order valence-electron chi connectivity index (χ3n) is 2.75. The van der Waals surface area contributed by atoms with E-state index in [-0.39, 0.29) is 6.61 Å². The maximum Gasteiger partial charge on any atom is 0.147 e. The zero-order valence-electron chi connectivity index (χ0n) is 8.43. The van der Waals surface area contributed by atoms with Gasteiger partial charge in [0.1, 0.15) is 10.4 Å². The highest BCUT2D eigenvalue weighted by Crippen LogP contribution is 2.23. The van der Waals surface area contributed by atoms with Crippen molar-refractivity contribution in [3.05, 3.63) is 17.0 Å². The quantitative estimate of drug-likeness (QED) is 0.904. The molecule has 1 aliphatic heterocycles. The Bertz CT molecular complexity index is 317. The lowest BCUT2D eigenvalue weighted by molar-refractivity contribution is 0.263. The number of aliphatic hydroxyl groups excluding tert-OH is 1. The molecular weight excluding hydrogens is 258 g/mol. The fourth-order valence-electron chi connectivity index (χ4n) is 1.93. The molecule has 1 aliphatic rings. The molecule has 0 aromatic carbocycles. The van der Waals surface area contributed by atoms with Gasteiger partial charge in [-0.15, -0.1) is 0 Å². The van der Waals surface area contributed by atoms with Crippen LogP contribution in [-0.4, -0.2) is 34.8 Å². The maximum absolute atomic E-state index is 8.87. The van der Waals surface area contributed by atoms with Crippen molar-refractivity contribution in [3.8, 4) is 0 Å². The van der Waals surface area contributed by atoms with Crippen LogP contribution in [0, 0.1) is 5.92 Å². The monoisotopic (exact) mass is 271 g/mol. The lowest BCUT2D eigenvalue weighted by Gasteiger charge is -2.16. The first kappa shape index (κ1) is 10.8. The van der Waals surface area contributed by atoms with Crippen molar-refractivity contribution in [1.82, 2.24) is 9.97 Å². The summed E-state index contributed by atoms with van der Waals surface area (Å²) in [6, 6.07) is 0. The van der Waals surface area contributed by atoms with Crippen LogP contribution in [0.1, 0.15) is 12.8 Å². The summed E-state index contributed by atoms with van der Waals surface area (Å²) in [5.74, 6) is 1.53. The van der Waals surface area contributed by atoms with Gasteiger partial charge in [0.05, 0.1) is 12.4 Å². The van der Waals surface area contributed by atoms with Crippen molar-refractivity contribution >= 4 is 21.7 Å². The van der Waals surface area contributed by atoms with E-state index in [0.717, 1.165) is 36.4 Å². The third kappa shape index (κ3) is 2.66. The van der Waals surface area contributed by atoms with Crippen LogP contribution in [0.2, 0.25) is 0 Å². The number of anilines is 1. The van der Waals surface area contributed by atoms with E-state index < -0.39 is 0 Å². The molecule has 1 unspecified atom stereocenters. The molecule has 2 heterocycles. The summed E-state index contributed by atoms with van der Waals surface area (Å²) in [4.78, 5) is 10.7. The topological polar surface area (TPSA) is 49.2 Å². The number of rotatable bonds is 3. The second-order valence-corrected chi connectivity index (χ2v) is 4.62. The Morgan fingerprint density at radius 3 is 3.00 bits per heavy atom. The predicted molar refractivity (Wildman–Crippen MR) is 61.8 cm³/mol. The second kappa shape index (κ2) is 4.90. The molecule has 15 heavy (non-hydrogen) atoms. The number of aromatic nitrogens is 2. The largest absolute Gasteiger partial charge is 0.396 e. The van der Waals surface area contributed by atoms with Crippen LogP contribution in [0.3, 0.4) is 0 Å². The highest BCUT2D eigenvalue weighted by atomic mass is 79.9. The first-order chi connectivity index (χ1) is 7.29. The van der Waals surface area contributed by atoms with E-state index in [2.05, 4.69) is 30.8 Å². The van der Waals surface area contributed by atoms with Gasteiger partial charge in [-0.1, -0.05) is 0 Å². The van der Waals surface area contributed by atoms with Gasteiger partial charge in [-0.05, 0) is 34.7 Å². The van der Waals surface area contributed by atoms with Gasteiger partial charge in [0, 0.05) is 19.7 Å². The molecule has 1 N–H and O–H groups in total. The van der Waals surface area contributed by atoms with E-state index in [4.69, 9.17) is 5.11 Å². The van der Waals surface area contributed by atoms with Crippen LogP contribution in [0.25, 0.3) is 0 Å². The summed E-state index contributed by atoms with van der Waals surface area (Å²) < 4.78 is 0.761. The Morgan fingerprint density at radius 2 is 2.33 bits per heavy atom. The molecule has 0 spiro atoms. The zero-order valence-corrected chi connectivity index (χ0v) is 10.0. The first-order valence-electron chi connectivity index (χ1n) is 5.13. The van der Waals surface area contributed by atoms with E-state index in [1.54, 1.807) is 12.4 Å². The average Bonchev–Trinajstić information content (AvgIpc) is 2.68. The van der Waals surface area contributed by atoms with Crippen LogP contribution in [-0.2, 0) is 0 Å². The van der Waals surface area contributed by atoms with Crippen LogP contribution in [0.5, 0.6) is 0 Å². The summed E-state index contributed by atoms with van der Waals surface area (Å²) >= 11 is 3.27. The second-order valence-electron chi connectivity index (χ2n) is 3.81. The van der Waals surface area contributed by atoms with Gasteiger partial charge in [0.2, 0.25) is 0 Å². The van der Waals surface area contributed by atoms with Gasteiger partial charge in [0.25, 0.3) is 0 Å².